The zero-order valence-electron chi connectivity index (χ0n) is 10.2. The maximum absolute atomic E-state index is 5.70. The average molecular weight is 328 g/mol. The minimum atomic E-state index is -0.247. The molecule has 0 N–H and O–H groups in total. The van der Waals surface area contributed by atoms with Gasteiger partial charge in [-0.3, -0.25) is 0 Å². The van der Waals surface area contributed by atoms with Crippen LogP contribution in [-0.4, -0.2) is 9.67 Å². The fourth-order valence-electron chi connectivity index (χ4n) is 1.79. The third-order valence-corrected chi connectivity index (χ3v) is 3.67. The largest absolute Gasteiger partial charge is 0.107 e. The van der Waals surface area contributed by atoms with E-state index in [0.29, 0.717) is 0 Å². The van der Waals surface area contributed by atoms with Crippen molar-refractivity contribution in [3.05, 3.63) is 35.4 Å². The molecule has 0 nitrogen and oxygen atoms in total. The minimum Gasteiger partial charge on any atom is -0.105 e. The molecular formula is C14H18Cl4. The molecule has 18 heavy (non-hydrogen) atoms. The van der Waals surface area contributed by atoms with Crippen LogP contribution in [0.25, 0.3) is 0 Å². The Labute approximate surface area is 130 Å². The molecule has 102 valence electrons. The minimum absolute atomic E-state index is 0.247. The van der Waals surface area contributed by atoms with Crippen LogP contribution < -0.4 is 0 Å². The van der Waals surface area contributed by atoms with Gasteiger partial charge in [-0.15, -0.1) is 46.4 Å². The van der Waals surface area contributed by atoms with Crippen molar-refractivity contribution in [3.8, 4) is 0 Å². The van der Waals surface area contributed by atoms with E-state index in [-0.39, 0.29) is 9.67 Å². The predicted octanol–water partition coefficient (Wildman–Crippen LogP) is 5.94. The molecule has 1 aromatic rings. The number of hydrogen-bond acceptors (Lipinski definition) is 0. The summed E-state index contributed by atoms with van der Waals surface area (Å²) in [6.07, 6.45) is 5.80. The van der Waals surface area contributed by atoms with Crippen LogP contribution in [0.1, 0.15) is 36.8 Å². The van der Waals surface area contributed by atoms with E-state index >= 15 is 0 Å². The Bertz CT molecular complexity index is 286. The maximum Gasteiger partial charge on any atom is 0.107 e. The van der Waals surface area contributed by atoms with E-state index in [1.165, 1.54) is 11.1 Å². The first-order valence-electron chi connectivity index (χ1n) is 6.22. The molecule has 0 radical (unpaired) electrons. The lowest BCUT2D eigenvalue weighted by molar-refractivity contribution is 0.770. The summed E-state index contributed by atoms with van der Waals surface area (Å²) in [5.74, 6) is 0. The Morgan fingerprint density at radius 2 is 1.00 bits per heavy atom. The molecule has 0 saturated carbocycles. The molecule has 0 unspecified atom stereocenters. The fourth-order valence-corrected chi connectivity index (χ4v) is 2.41. The maximum atomic E-state index is 5.70. The second-order valence-electron chi connectivity index (χ2n) is 4.38. The Hall–Kier alpha value is 0.380. The van der Waals surface area contributed by atoms with Crippen LogP contribution in [0.15, 0.2) is 24.3 Å². The Morgan fingerprint density at radius 1 is 0.667 bits per heavy atom. The van der Waals surface area contributed by atoms with Crippen molar-refractivity contribution in [2.75, 3.05) is 0 Å². The molecule has 0 saturated heterocycles. The first-order chi connectivity index (χ1) is 8.58. The van der Waals surface area contributed by atoms with Gasteiger partial charge in [0.25, 0.3) is 0 Å². The molecule has 0 aliphatic heterocycles. The summed E-state index contributed by atoms with van der Waals surface area (Å²) in [5, 5.41) is 0. The molecule has 0 atom stereocenters. The van der Waals surface area contributed by atoms with Crippen LogP contribution in [0, 0.1) is 0 Å². The second-order valence-corrected chi connectivity index (χ2v) is 6.94. The van der Waals surface area contributed by atoms with Crippen molar-refractivity contribution >= 4 is 46.4 Å². The van der Waals surface area contributed by atoms with Crippen molar-refractivity contribution in [2.24, 2.45) is 0 Å². The smallest absolute Gasteiger partial charge is 0.105 e. The highest BCUT2D eigenvalue weighted by atomic mass is 35.5. The van der Waals surface area contributed by atoms with E-state index in [9.17, 15) is 0 Å². The number of alkyl halides is 4. The van der Waals surface area contributed by atoms with Gasteiger partial charge in [0.05, 0.1) is 0 Å². The molecule has 0 bridgehead atoms. The highest BCUT2D eigenvalue weighted by Crippen LogP contribution is 2.16. The number of hydrogen-bond donors (Lipinski definition) is 0. The van der Waals surface area contributed by atoms with Crippen LogP contribution in [0.3, 0.4) is 0 Å². The highest BCUT2D eigenvalue weighted by Gasteiger charge is 2.01. The van der Waals surface area contributed by atoms with Gasteiger partial charge < -0.3 is 0 Å². The van der Waals surface area contributed by atoms with Gasteiger partial charge in [-0.25, -0.2) is 0 Å². The Morgan fingerprint density at radius 3 is 1.28 bits per heavy atom. The van der Waals surface area contributed by atoms with Crippen LogP contribution in [0.2, 0.25) is 0 Å². The summed E-state index contributed by atoms with van der Waals surface area (Å²) < 4.78 is 0. The molecule has 0 aromatic heterocycles. The summed E-state index contributed by atoms with van der Waals surface area (Å²) >= 11 is 22.8. The van der Waals surface area contributed by atoms with E-state index in [4.69, 9.17) is 46.4 Å². The normalized spacial score (nSPS) is 11.4. The Kier molecular flexibility index (Phi) is 8.50. The Balaban J connectivity index is 2.28. The average Bonchev–Trinajstić information content (AvgIpc) is 2.30. The first-order valence-corrected chi connectivity index (χ1v) is 7.96. The highest BCUT2D eigenvalue weighted by molar-refractivity contribution is 6.44. The molecule has 0 fully saturated rings. The summed E-state index contributed by atoms with van der Waals surface area (Å²) in [6.45, 7) is 0. The molecule has 0 spiro atoms. The van der Waals surface area contributed by atoms with Crippen LogP contribution >= 0.6 is 46.4 Å². The SMILES string of the molecule is ClC(Cl)CCCc1ccc(CCCC(Cl)Cl)cc1. The quantitative estimate of drug-likeness (QED) is 0.518. The monoisotopic (exact) mass is 326 g/mol. The predicted molar refractivity (Wildman–Crippen MR) is 83.3 cm³/mol. The zero-order valence-corrected chi connectivity index (χ0v) is 13.2. The van der Waals surface area contributed by atoms with E-state index < -0.39 is 0 Å². The van der Waals surface area contributed by atoms with Crippen molar-refractivity contribution < 1.29 is 0 Å². The van der Waals surface area contributed by atoms with Gasteiger partial charge in [-0.1, -0.05) is 24.3 Å². The third kappa shape index (κ3) is 7.74. The molecule has 1 rings (SSSR count). The fraction of sp³-hybridized carbons (Fsp3) is 0.571. The van der Waals surface area contributed by atoms with Gasteiger partial charge in [0.15, 0.2) is 0 Å². The molecule has 4 heteroatoms. The van der Waals surface area contributed by atoms with Gasteiger partial charge in [0, 0.05) is 0 Å². The van der Waals surface area contributed by atoms with Gasteiger partial charge in [-0.05, 0) is 49.7 Å². The lowest BCUT2D eigenvalue weighted by Crippen LogP contribution is -1.93. The molecule has 1 aromatic carbocycles. The number of aryl methyl sites for hydroxylation is 2. The summed E-state index contributed by atoms with van der Waals surface area (Å²) in [5.41, 5.74) is 2.67. The third-order valence-electron chi connectivity index (χ3n) is 2.80. The van der Waals surface area contributed by atoms with Crippen molar-refractivity contribution in [3.63, 3.8) is 0 Å². The van der Waals surface area contributed by atoms with Gasteiger partial charge in [0.1, 0.15) is 9.67 Å². The van der Waals surface area contributed by atoms with Crippen LogP contribution in [-0.2, 0) is 12.8 Å². The summed E-state index contributed by atoms with van der Waals surface area (Å²) in [4.78, 5) is -0.494. The van der Waals surface area contributed by atoms with Crippen LogP contribution in [0.5, 0.6) is 0 Å². The second kappa shape index (κ2) is 9.31. The summed E-state index contributed by atoms with van der Waals surface area (Å²) in [6, 6.07) is 8.69. The standard InChI is InChI=1S/C14H18Cl4/c15-13(16)5-1-3-11-7-9-12(10-8-11)4-2-6-14(17)18/h7-10,13-14H,1-6H2. The first kappa shape index (κ1) is 16.4. The van der Waals surface area contributed by atoms with Gasteiger partial charge in [-0.2, -0.15) is 0 Å². The number of halogens is 4. The van der Waals surface area contributed by atoms with Crippen molar-refractivity contribution in [2.45, 2.75) is 48.2 Å². The molecule has 0 aliphatic rings. The van der Waals surface area contributed by atoms with Gasteiger partial charge in [0.2, 0.25) is 0 Å². The topological polar surface area (TPSA) is 0 Å². The van der Waals surface area contributed by atoms with Crippen molar-refractivity contribution in [1.82, 2.24) is 0 Å². The van der Waals surface area contributed by atoms with E-state index in [1.807, 2.05) is 0 Å². The van der Waals surface area contributed by atoms with Crippen molar-refractivity contribution in [1.29, 1.82) is 0 Å². The zero-order chi connectivity index (χ0) is 13.4. The number of rotatable bonds is 8. The molecular weight excluding hydrogens is 310 g/mol. The molecule has 0 heterocycles. The van der Waals surface area contributed by atoms with E-state index in [2.05, 4.69) is 24.3 Å². The molecule has 0 amide bonds. The summed E-state index contributed by atoms with van der Waals surface area (Å²) in [7, 11) is 0. The number of benzene rings is 1. The van der Waals surface area contributed by atoms with E-state index in [0.717, 1.165) is 38.5 Å². The van der Waals surface area contributed by atoms with Crippen LogP contribution in [0.4, 0.5) is 0 Å². The lowest BCUT2D eigenvalue weighted by atomic mass is 10.0. The van der Waals surface area contributed by atoms with E-state index in [1.54, 1.807) is 0 Å². The lowest BCUT2D eigenvalue weighted by Gasteiger charge is -2.05. The van der Waals surface area contributed by atoms with Gasteiger partial charge >= 0.3 is 0 Å². The molecule has 0 aliphatic carbocycles.